The maximum Gasteiger partial charge on any atom is 0.282 e. The molecule has 0 spiro atoms. The first-order valence-corrected chi connectivity index (χ1v) is 9.65. The highest BCUT2D eigenvalue weighted by atomic mass is 32.2. The highest BCUT2D eigenvalue weighted by molar-refractivity contribution is 7.90. The van der Waals surface area contributed by atoms with Gasteiger partial charge in [-0.15, -0.1) is 0 Å². The molecule has 0 unspecified atom stereocenters. The second-order valence-corrected chi connectivity index (χ2v) is 8.20. The molecule has 0 fully saturated rings. The third-order valence-electron chi connectivity index (χ3n) is 3.92. The van der Waals surface area contributed by atoms with Crippen LogP contribution < -0.4 is 4.90 Å². The molecule has 2 aromatic rings. The summed E-state index contributed by atoms with van der Waals surface area (Å²) in [5, 5.41) is 3.89. The number of aromatic nitrogens is 3. The number of hydrogen-bond acceptors (Lipinski definition) is 6. The van der Waals surface area contributed by atoms with Gasteiger partial charge in [-0.2, -0.15) is 9.78 Å². The second kappa shape index (κ2) is 7.10. The van der Waals surface area contributed by atoms with Gasteiger partial charge in [-0.1, -0.05) is 0 Å². The minimum absolute atomic E-state index is 0.00644. The summed E-state index contributed by atoms with van der Waals surface area (Å²) in [7, 11) is -1.79. The van der Waals surface area contributed by atoms with Crippen LogP contribution in [-0.2, 0) is 9.84 Å². The largest absolute Gasteiger partial charge is 0.356 e. The molecule has 2 heterocycles. The van der Waals surface area contributed by atoms with E-state index in [0.717, 1.165) is 17.1 Å². The Hall–Kier alpha value is -2.36. The van der Waals surface area contributed by atoms with E-state index in [1.165, 1.54) is 19.1 Å². The van der Waals surface area contributed by atoms with Crippen molar-refractivity contribution in [3.05, 3.63) is 29.6 Å². The SMILES string of the molecule is CC(=O)c1c(C(F)F)nn(-c2ccc(S(C)(=O)=O)cn2)c1N(C)C(C)C. The monoisotopic (exact) mass is 386 g/mol. The summed E-state index contributed by atoms with van der Waals surface area (Å²) < 4.78 is 51.1. The molecular formula is C16H20F2N4O3S. The fourth-order valence-corrected chi connectivity index (χ4v) is 2.92. The van der Waals surface area contributed by atoms with E-state index in [4.69, 9.17) is 0 Å². The Bertz CT molecular complexity index is 922. The molecule has 0 saturated heterocycles. The Morgan fingerprint density at radius 3 is 2.27 bits per heavy atom. The molecule has 2 rings (SSSR count). The summed E-state index contributed by atoms with van der Waals surface area (Å²) in [5.41, 5.74) is -0.806. The summed E-state index contributed by atoms with van der Waals surface area (Å²) in [6.45, 7) is 4.87. The van der Waals surface area contributed by atoms with Crippen molar-refractivity contribution in [1.82, 2.24) is 14.8 Å². The van der Waals surface area contributed by atoms with Gasteiger partial charge in [-0.3, -0.25) is 4.79 Å². The van der Waals surface area contributed by atoms with Crippen molar-refractivity contribution in [3.63, 3.8) is 0 Å². The minimum atomic E-state index is -3.45. The highest BCUT2D eigenvalue weighted by Crippen LogP contribution is 2.33. The van der Waals surface area contributed by atoms with Crippen LogP contribution in [0.1, 0.15) is 43.2 Å². The van der Waals surface area contributed by atoms with Crippen LogP contribution in [0, 0.1) is 0 Å². The van der Waals surface area contributed by atoms with Gasteiger partial charge in [-0.25, -0.2) is 22.2 Å². The zero-order valence-electron chi connectivity index (χ0n) is 15.1. The Morgan fingerprint density at radius 1 is 1.27 bits per heavy atom. The average Bonchev–Trinajstić information content (AvgIpc) is 2.94. The number of sulfone groups is 1. The first kappa shape index (κ1) is 20.0. The topological polar surface area (TPSA) is 85.2 Å². The molecule has 0 amide bonds. The van der Waals surface area contributed by atoms with E-state index >= 15 is 0 Å². The van der Waals surface area contributed by atoms with E-state index in [1.54, 1.807) is 11.9 Å². The maximum atomic E-state index is 13.4. The summed E-state index contributed by atoms with van der Waals surface area (Å²) >= 11 is 0. The lowest BCUT2D eigenvalue weighted by molar-refractivity contribution is 0.0998. The number of Topliss-reactive ketones (excluding diaryl/α,β-unsaturated/α-hetero) is 1. The zero-order chi connectivity index (χ0) is 19.8. The van der Waals surface area contributed by atoms with Gasteiger partial charge >= 0.3 is 0 Å². The maximum absolute atomic E-state index is 13.4. The number of nitrogens with zero attached hydrogens (tertiary/aromatic N) is 4. The van der Waals surface area contributed by atoms with E-state index in [0.29, 0.717) is 0 Å². The number of halogens is 2. The number of carbonyl (C=O) groups excluding carboxylic acids is 1. The van der Waals surface area contributed by atoms with Crippen LogP contribution in [0.3, 0.4) is 0 Å². The zero-order valence-corrected chi connectivity index (χ0v) is 15.9. The first-order valence-electron chi connectivity index (χ1n) is 7.76. The van der Waals surface area contributed by atoms with Crippen LogP contribution in [-0.4, -0.2) is 48.3 Å². The first-order chi connectivity index (χ1) is 11.9. The molecule has 0 atom stereocenters. The van der Waals surface area contributed by atoms with Crippen molar-refractivity contribution in [2.75, 3.05) is 18.2 Å². The smallest absolute Gasteiger partial charge is 0.282 e. The van der Waals surface area contributed by atoms with E-state index in [2.05, 4.69) is 10.1 Å². The van der Waals surface area contributed by atoms with Crippen molar-refractivity contribution >= 4 is 21.4 Å². The quantitative estimate of drug-likeness (QED) is 0.710. The molecule has 10 heteroatoms. The lowest BCUT2D eigenvalue weighted by atomic mass is 10.1. The van der Waals surface area contributed by atoms with Gasteiger partial charge < -0.3 is 4.90 Å². The van der Waals surface area contributed by atoms with Gasteiger partial charge in [0.05, 0.1) is 10.5 Å². The molecule has 0 aromatic carbocycles. The summed E-state index contributed by atoms with van der Waals surface area (Å²) in [6, 6.07) is 2.57. The van der Waals surface area contributed by atoms with Gasteiger partial charge in [0.25, 0.3) is 6.43 Å². The molecule has 0 bridgehead atoms. The molecule has 26 heavy (non-hydrogen) atoms. The van der Waals surface area contributed by atoms with Crippen LogP contribution in [0.5, 0.6) is 0 Å². The number of hydrogen-bond donors (Lipinski definition) is 0. The molecule has 0 aliphatic carbocycles. The minimum Gasteiger partial charge on any atom is -0.356 e. The number of anilines is 1. The number of ketones is 1. The predicted molar refractivity (Wildman–Crippen MR) is 93.0 cm³/mol. The lowest BCUT2D eigenvalue weighted by Gasteiger charge is -2.25. The van der Waals surface area contributed by atoms with Crippen LogP contribution >= 0.6 is 0 Å². The Morgan fingerprint density at radius 2 is 1.88 bits per heavy atom. The fourth-order valence-electron chi connectivity index (χ4n) is 2.36. The van der Waals surface area contributed by atoms with E-state index in [1.807, 2.05) is 13.8 Å². The van der Waals surface area contributed by atoms with Crippen molar-refractivity contribution in [1.29, 1.82) is 0 Å². The van der Waals surface area contributed by atoms with Gasteiger partial charge in [0.1, 0.15) is 11.5 Å². The standard InChI is InChI=1S/C16H20F2N4O3S/c1-9(2)21(4)16-13(10(3)23)14(15(17)18)20-22(16)12-7-6-11(8-19-12)26(5,24)25/h6-9,15H,1-5H3. The third-order valence-corrected chi connectivity index (χ3v) is 5.02. The van der Waals surface area contributed by atoms with E-state index < -0.39 is 27.7 Å². The third kappa shape index (κ3) is 3.74. The summed E-state index contributed by atoms with van der Waals surface area (Å²) in [6.07, 6.45) is -0.774. The van der Waals surface area contributed by atoms with Gasteiger partial charge in [0.2, 0.25) is 0 Å². The highest BCUT2D eigenvalue weighted by Gasteiger charge is 2.30. The molecule has 0 saturated carbocycles. The Kier molecular flexibility index (Phi) is 5.45. The lowest BCUT2D eigenvalue weighted by Crippen LogP contribution is -2.29. The second-order valence-electron chi connectivity index (χ2n) is 6.18. The fraction of sp³-hybridized carbons (Fsp3) is 0.438. The summed E-state index contributed by atoms with van der Waals surface area (Å²) in [4.78, 5) is 17.7. The predicted octanol–water partition coefficient (Wildman–Crippen LogP) is 2.66. The molecule has 0 N–H and O–H groups in total. The number of pyridine rings is 1. The van der Waals surface area contributed by atoms with Gasteiger partial charge in [0.15, 0.2) is 21.4 Å². The number of rotatable bonds is 6. The normalized spacial score (nSPS) is 12.0. The van der Waals surface area contributed by atoms with Crippen LogP contribution in [0.15, 0.2) is 23.2 Å². The van der Waals surface area contributed by atoms with Crippen molar-refractivity contribution < 1.29 is 22.0 Å². The van der Waals surface area contributed by atoms with Gasteiger partial charge in [0, 0.05) is 25.5 Å². The molecular weight excluding hydrogens is 366 g/mol. The molecule has 0 aliphatic heterocycles. The number of carbonyl (C=O) groups is 1. The van der Waals surface area contributed by atoms with E-state index in [-0.39, 0.29) is 28.1 Å². The van der Waals surface area contributed by atoms with Crippen molar-refractivity contribution in [3.8, 4) is 5.82 Å². The molecule has 142 valence electrons. The average molecular weight is 386 g/mol. The Balaban J connectivity index is 2.75. The summed E-state index contributed by atoms with van der Waals surface area (Å²) in [5.74, 6) is -0.224. The van der Waals surface area contributed by atoms with Crippen molar-refractivity contribution in [2.45, 2.75) is 38.1 Å². The van der Waals surface area contributed by atoms with Gasteiger partial charge in [-0.05, 0) is 32.9 Å². The van der Waals surface area contributed by atoms with Crippen LogP contribution in [0.4, 0.5) is 14.6 Å². The molecule has 2 aromatic heterocycles. The molecule has 0 aliphatic rings. The molecule has 0 radical (unpaired) electrons. The Labute approximate surface area is 150 Å². The van der Waals surface area contributed by atoms with Crippen LogP contribution in [0.2, 0.25) is 0 Å². The van der Waals surface area contributed by atoms with E-state index in [9.17, 15) is 22.0 Å². The van der Waals surface area contributed by atoms with Crippen molar-refractivity contribution in [2.24, 2.45) is 0 Å². The molecule has 7 nitrogen and oxygen atoms in total. The van der Waals surface area contributed by atoms with Crippen LogP contribution in [0.25, 0.3) is 5.82 Å². The number of alkyl halides is 2.